The number of ether oxygens (including phenoxy) is 1. The SMILES string of the molecule is Cc1cc(=O)oc2cc(NC(=O)[C@@H](CCCN=C(N)N)NC(=O)OCc3ccccc3)ccc12.Cl. The molecule has 0 spiro atoms. The van der Waals surface area contributed by atoms with Crippen LogP contribution in [0.5, 0.6) is 0 Å². The van der Waals surface area contributed by atoms with Crippen molar-refractivity contribution < 1.29 is 18.7 Å². The van der Waals surface area contributed by atoms with Crippen LogP contribution >= 0.6 is 12.4 Å². The van der Waals surface area contributed by atoms with E-state index in [1.165, 1.54) is 6.07 Å². The number of aliphatic imine (C=N–C) groups is 1. The number of amides is 2. The van der Waals surface area contributed by atoms with Gasteiger partial charge in [-0.3, -0.25) is 9.79 Å². The highest BCUT2D eigenvalue weighted by molar-refractivity contribution is 5.98. The van der Waals surface area contributed by atoms with Crippen molar-refractivity contribution in [3.8, 4) is 0 Å². The summed E-state index contributed by atoms with van der Waals surface area (Å²) in [7, 11) is 0. The second kappa shape index (κ2) is 13.0. The molecule has 0 bridgehead atoms. The Morgan fingerprint density at radius 1 is 1.11 bits per heavy atom. The van der Waals surface area contributed by atoms with Crippen molar-refractivity contribution in [3.63, 3.8) is 0 Å². The number of carbonyl (C=O) groups is 2. The lowest BCUT2D eigenvalue weighted by atomic mass is 10.1. The zero-order valence-corrected chi connectivity index (χ0v) is 20.0. The van der Waals surface area contributed by atoms with Crippen LogP contribution in [0.1, 0.15) is 24.0 Å². The summed E-state index contributed by atoms with van der Waals surface area (Å²) in [6, 6.07) is 14.7. The van der Waals surface area contributed by atoms with Gasteiger partial charge in [-0.15, -0.1) is 12.4 Å². The molecule has 1 atom stereocenters. The Kier molecular flexibility index (Phi) is 10.1. The number of aryl methyl sites for hydroxylation is 1. The van der Waals surface area contributed by atoms with E-state index >= 15 is 0 Å². The summed E-state index contributed by atoms with van der Waals surface area (Å²) in [4.78, 5) is 40.9. The predicted octanol–water partition coefficient (Wildman–Crippen LogP) is 2.81. The number of hydrogen-bond acceptors (Lipinski definition) is 6. The van der Waals surface area contributed by atoms with Gasteiger partial charge in [0.2, 0.25) is 5.91 Å². The first-order valence-electron chi connectivity index (χ1n) is 10.7. The van der Waals surface area contributed by atoms with E-state index in [0.717, 1.165) is 16.5 Å². The van der Waals surface area contributed by atoms with Gasteiger partial charge in [0.05, 0.1) is 0 Å². The largest absolute Gasteiger partial charge is 0.445 e. The fourth-order valence-corrected chi connectivity index (χ4v) is 3.31. The molecule has 0 aliphatic heterocycles. The van der Waals surface area contributed by atoms with Crippen molar-refractivity contribution >= 4 is 47.0 Å². The molecular weight excluding hydrogens is 474 g/mol. The third-order valence-corrected chi connectivity index (χ3v) is 4.99. The van der Waals surface area contributed by atoms with E-state index in [1.54, 1.807) is 25.1 Å². The molecule has 2 amide bonds. The van der Waals surface area contributed by atoms with Crippen molar-refractivity contribution in [1.29, 1.82) is 0 Å². The van der Waals surface area contributed by atoms with Crippen LogP contribution in [0, 0.1) is 6.92 Å². The first kappa shape index (κ1) is 27.2. The van der Waals surface area contributed by atoms with Crippen LogP contribution in [-0.4, -0.2) is 30.5 Å². The summed E-state index contributed by atoms with van der Waals surface area (Å²) in [6.07, 6.45) is -0.0167. The fourth-order valence-electron chi connectivity index (χ4n) is 3.31. The molecule has 1 aromatic heterocycles. The summed E-state index contributed by atoms with van der Waals surface area (Å²) in [5.41, 5.74) is 12.6. The summed E-state index contributed by atoms with van der Waals surface area (Å²) >= 11 is 0. The van der Waals surface area contributed by atoms with E-state index in [9.17, 15) is 14.4 Å². The summed E-state index contributed by atoms with van der Waals surface area (Å²) in [5, 5.41) is 6.10. The van der Waals surface area contributed by atoms with Gasteiger partial charge >= 0.3 is 11.7 Å². The van der Waals surface area contributed by atoms with E-state index in [2.05, 4.69) is 15.6 Å². The molecule has 10 nitrogen and oxygen atoms in total. The molecule has 3 rings (SSSR count). The summed E-state index contributed by atoms with van der Waals surface area (Å²) in [6.45, 7) is 2.17. The van der Waals surface area contributed by atoms with Gasteiger partial charge in [-0.1, -0.05) is 30.3 Å². The first-order valence-corrected chi connectivity index (χ1v) is 10.7. The van der Waals surface area contributed by atoms with E-state index < -0.39 is 23.7 Å². The van der Waals surface area contributed by atoms with E-state index in [0.29, 0.717) is 24.2 Å². The fraction of sp³-hybridized carbons (Fsp3) is 0.250. The van der Waals surface area contributed by atoms with Crippen LogP contribution in [0.2, 0.25) is 0 Å². The molecule has 0 aliphatic carbocycles. The van der Waals surface area contributed by atoms with Gasteiger partial charge in [0.25, 0.3) is 0 Å². The van der Waals surface area contributed by atoms with Gasteiger partial charge in [-0.05, 0) is 43.0 Å². The molecule has 0 saturated heterocycles. The second-order valence-corrected chi connectivity index (χ2v) is 7.66. The molecule has 1 heterocycles. The maximum Gasteiger partial charge on any atom is 0.408 e. The highest BCUT2D eigenvalue weighted by atomic mass is 35.5. The average Bonchev–Trinajstić information content (AvgIpc) is 2.79. The van der Waals surface area contributed by atoms with Crippen LogP contribution < -0.4 is 27.7 Å². The molecule has 186 valence electrons. The number of anilines is 1. The van der Waals surface area contributed by atoms with Crippen LogP contribution in [0.15, 0.2) is 68.8 Å². The molecular formula is C24H28ClN5O5. The van der Waals surface area contributed by atoms with Crippen molar-refractivity contribution in [1.82, 2.24) is 5.32 Å². The molecule has 11 heteroatoms. The number of benzene rings is 2. The van der Waals surface area contributed by atoms with Crippen molar-refractivity contribution in [2.24, 2.45) is 16.5 Å². The van der Waals surface area contributed by atoms with Crippen LogP contribution in [0.4, 0.5) is 10.5 Å². The Morgan fingerprint density at radius 2 is 1.86 bits per heavy atom. The minimum Gasteiger partial charge on any atom is -0.445 e. The van der Waals surface area contributed by atoms with Crippen LogP contribution in [-0.2, 0) is 16.1 Å². The zero-order valence-electron chi connectivity index (χ0n) is 19.2. The Balaban J connectivity index is 0.00000432. The highest BCUT2D eigenvalue weighted by Crippen LogP contribution is 2.21. The quantitative estimate of drug-likeness (QED) is 0.151. The third-order valence-electron chi connectivity index (χ3n) is 4.99. The smallest absolute Gasteiger partial charge is 0.408 e. The molecule has 0 radical (unpaired) electrons. The number of halogens is 1. The predicted molar refractivity (Wildman–Crippen MR) is 137 cm³/mol. The van der Waals surface area contributed by atoms with Crippen LogP contribution in [0.3, 0.4) is 0 Å². The topological polar surface area (TPSA) is 162 Å². The second-order valence-electron chi connectivity index (χ2n) is 7.66. The number of nitrogens with two attached hydrogens (primary N) is 2. The molecule has 0 unspecified atom stereocenters. The minimum absolute atomic E-state index is 0. The molecule has 3 aromatic rings. The van der Waals surface area contributed by atoms with Crippen molar-refractivity contribution in [3.05, 3.63) is 76.1 Å². The molecule has 0 aliphatic rings. The monoisotopic (exact) mass is 501 g/mol. The minimum atomic E-state index is -0.905. The first-order chi connectivity index (χ1) is 16.3. The van der Waals surface area contributed by atoms with E-state index in [4.69, 9.17) is 20.6 Å². The van der Waals surface area contributed by atoms with Crippen LogP contribution in [0.25, 0.3) is 11.0 Å². The van der Waals surface area contributed by atoms with E-state index in [-0.39, 0.29) is 31.4 Å². The molecule has 0 saturated carbocycles. The number of rotatable bonds is 9. The van der Waals surface area contributed by atoms with E-state index in [1.807, 2.05) is 30.3 Å². The van der Waals surface area contributed by atoms with Crippen molar-refractivity contribution in [2.75, 3.05) is 11.9 Å². The normalized spacial score (nSPS) is 11.1. The standard InChI is InChI=1S/C24H27N5O5.ClH/c1-15-12-21(30)34-20-13-17(9-10-18(15)20)28-22(31)19(8-5-11-27-23(25)26)29-24(32)33-14-16-6-3-2-4-7-16;/h2-4,6-7,9-10,12-13,19H,5,8,11,14H2,1H3,(H,28,31)(H,29,32)(H4,25,26,27);1H/t19-;/m1./s1. The lowest BCUT2D eigenvalue weighted by molar-refractivity contribution is -0.118. The summed E-state index contributed by atoms with van der Waals surface area (Å²) in [5.74, 6) is -0.514. The number of carbonyl (C=O) groups excluding carboxylic acids is 2. The number of nitrogens with one attached hydrogen (secondary N) is 2. The van der Waals surface area contributed by atoms with Gasteiger partial charge in [0.15, 0.2) is 5.96 Å². The maximum absolute atomic E-state index is 13.0. The molecule has 6 N–H and O–H groups in total. The zero-order chi connectivity index (χ0) is 24.5. The molecule has 0 fully saturated rings. The van der Waals surface area contributed by atoms with Gasteiger partial charge in [-0.25, -0.2) is 9.59 Å². The number of fused-ring (bicyclic) bond motifs is 1. The third kappa shape index (κ3) is 8.35. The summed E-state index contributed by atoms with van der Waals surface area (Å²) < 4.78 is 10.5. The number of hydrogen-bond donors (Lipinski definition) is 4. The number of guanidine groups is 1. The number of alkyl carbamates (subject to hydrolysis) is 1. The molecule has 35 heavy (non-hydrogen) atoms. The number of nitrogens with zero attached hydrogens (tertiary/aromatic N) is 1. The highest BCUT2D eigenvalue weighted by Gasteiger charge is 2.22. The van der Waals surface area contributed by atoms with Gasteiger partial charge in [-0.2, -0.15) is 0 Å². The lowest BCUT2D eigenvalue weighted by Crippen LogP contribution is -2.44. The van der Waals surface area contributed by atoms with Crippen molar-refractivity contribution in [2.45, 2.75) is 32.4 Å². The Bertz CT molecular complexity index is 1240. The lowest BCUT2D eigenvalue weighted by Gasteiger charge is -2.18. The van der Waals surface area contributed by atoms with Gasteiger partial charge in [0.1, 0.15) is 18.2 Å². The van der Waals surface area contributed by atoms with Gasteiger partial charge < -0.3 is 31.3 Å². The maximum atomic E-state index is 13.0. The Labute approximate surface area is 208 Å². The average molecular weight is 502 g/mol. The Morgan fingerprint density at radius 3 is 2.57 bits per heavy atom. The molecule has 2 aromatic carbocycles. The Hall–Kier alpha value is -4.05. The van der Waals surface area contributed by atoms with Gasteiger partial charge in [0, 0.05) is 29.8 Å².